The maximum Gasteiger partial charge on any atom is 0.417 e. The van der Waals surface area contributed by atoms with Gasteiger partial charge in [0, 0.05) is 24.8 Å². The lowest BCUT2D eigenvalue weighted by Crippen LogP contribution is -2.40. The van der Waals surface area contributed by atoms with E-state index in [4.69, 9.17) is 0 Å². The Hall–Kier alpha value is -2.29. The molecule has 1 amide bonds. The first-order valence-electron chi connectivity index (χ1n) is 8.83. The van der Waals surface area contributed by atoms with Gasteiger partial charge in [-0.2, -0.15) is 13.2 Å². The summed E-state index contributed by atoms with van der Waals surface area (Å²) in [6.45, 7) is 1.61. The summed E-state index contributed by atoms with van der Waals surface area (Å²) in [6, 6.07) is 5.00. The molecule has 2 heterocycles. The fraction of sp³-hybridized carbons (Fsp3) is 0.421. The minimum Gasteiger partial charge on any atom is -0.350 e. The molecule has 0 radical (unpaired) electrons. The summed E-state index contributed by atoms with van der Waals surface area (Å²) >= 11 is 0. The molecule has 2 aromatic rings. The molecular weight excluding hydrogens is 393 g/mol. The molecule has 1 fully saturated rings. The highest BCUT2D eigenvalue weighted by atomic mass is 32.2. The van der Waals surface area contributed by atoms with Gasteiger partial charge in [-0.1, -0.05) is 18.2 Å². The maximum atomic E-state index is 13.4. The van der Waals surface area contributed by atoms with Crippen LogP contribution in [-0.4, -0.2) is 36.4 Å². The monoisotopic (exact) mass is 414 g/mol. The number of alkyl halides is 3. The van der Waals surface area contributed by atoms with Gasteiger partial charge in [0.05, 0.1) is 28.3 Å². The second kappa shape index (κ2) is 7.27. The predicted octanol–water partition coefficient (Wildman–Crippen LogP) is 3.33. The Morgan fingerprint density at radius 2 is 1.79 bits per heavy atom. The van der Waals surface area contributed by atoms with Gasteiger partial charge in [-0.3, -0.25) is 4.79 Å². The molecule has 152 valence electrons. The van der Waals surface area contributed by atoms with E-state index in [9.17, 15) is 26.4 Å². The van der Waals surface area contributed by atoms with Crippen LogP contribution in [0.4, 0.5) is 13.2 Å². The number of sulfone groups is 1. The van der Waals surface area contributed by atoms with Gasteiger partial charge in [0.25, 0.3) is 5.91 Å². The summed E-state index contributed by atoms with van der Waals surface area (Å²) in [5.41, 5.74) is 0.300. The van der Waals surface area contributed by atoms with Crippen molar-refractivity contribution in [2.75, 3.05) is 11.5 Å². The molecule has 3 rings (SSSR count). The van der Waals surface area contributed by atoms with Crippen LogP contribution in [0.5, 0.6) is 0 Å². The fourth-order valence-electron chi connectivity index (χ4n) is 3.60. The van der Waals surface area contributed by atoms with E-state index >= 15 is 0 Å². The summed E-state index contributed by atoms with van der Waals surface area (Å²) in [7, 11) is -1.45. The van der Waals surface area contributed by atoms with Gasteiger partial charge in [0.1, 0.15) is 9.84 Å². The van der Waals surface area contributed by atoms with Crippen molar-refractivity contribution >= 4 is 15.7 Å². The lowest BCUT2D eigenvalue weighted by molar-refractivity contribution is -0.137. The quantitative estimate of drug-likeness (QED) is 0.838. The van der Waals surface area contributed by atoms with Gasteiger partial charge in [-0.15, -0.1) is 0 Å². The van der Waals surface area contributed by atoms with Crippen molar-refractivity contribution < 1.29 is 26.4 Å². The van der Waals surface area contributed by atoms with Crippen LogP contribution in [-0.2, 0) is 23.1 Å². The molecule has 1 N–H and O–H groups in total. The van der Waals surface area contributed by atoms with Crippen LogP contribution < -0.4 is 5.32 Å². The number of aryl methyl sites for hydroxylation is 1. The number of nitrogens with zero attached hydrogens (tertiary/aromatic N) is 1. The van der Waals surface area contributed by atoms with Crippen LogP contribution >= 0.6 is 0 Å². The van der Waals surface area contributed by atoms with Gasteiger partial charge in [0.15, 0.2) is 0 Å². The van der Waals surface area contributed by atoms with Gasteiger partial charge < -0.3 is 9.88 Å². The highest BCUT2D eigenvalue weighted by Crippen LogP contribution is 2.38. The van der Waals surface area contributed by atoms with Crippen molar-refractivity contribution in [3.63, 3.8) is 0 Å². The molecule has 0 atom stereocenters. The minimum absolute atomic E-state index is 0.0119. The molecule has 28 heavy (non-hydrogen) atoms. The van der Waals surface area contributed by atoms with E-state index in [0.717, 1.165) is 6.07 Å². The smallest absolute Gasteiger partial charge is 0.350 e. The SMILES string of the molecule is Cc1c(C(=O)NC2CCS(=O)(=O)CC2)cn(C)c1-c1ccccc1C(F)(F)F. The Labute approximate surface area is 161 Å². The standard InChI is InChI=1S/C19H21F3N2O3S/c1-12-15(18(25)23-13-7-9-28(26,27)10-8-13)11-24(2)17(12)14-5-3-4-6-16(14)19(20,21)22/h3-6,11,13H,7-10H2,1-2H3,(H,23,25). The number of rotatable bonds is 3. The van der Waals surface area contributed by atoms with Crippen LogP contribution in [0.2, 0.25) is 0 Å². The highest BCUT2D eigenvalue weighted by molar-refractivity contribution is 7.91. The Balaban J connectivity index is 1.90. The first-order valence-corrected chi connectivity index (χ1v) is 10.7. The molecule has 1 aliphatic rings. The first kappa shape index (κ1) is 20.4. The summed E-state index contributed by atoms with van der Waals surface area (Å²) in [5.74, 6) is -0.362. The van der Waals surface area contributed by atoms with Crippen molar-refractivity contribution in [3.05, 3.63) is 47.2 Å². The number of carbonyl (C=O) groups excluding carboxylic acids is 1. The number of benzene rings is 1. The highest BCUT2D eigenvalue weighted by Gasteiger charge is 2.35. The molecule has 0 saturated carbocycles. The number of halogens is 3. The minimum atomic E-state index is -4.51. The van der Waals surface area contributed by atoms with Crippen molar-refractivity contribution in [2.45, 2.75) is 32.0 Å². The summed E-state index contributed by atoms with van der Waals surface area (Å²) in [5, 5.41) is 2.81. The third-order valence-corrected chi connectivity index (χ3v) is 6.77. The molecule has 1 aromatic carbocycles. The predicted molar refractivity (Wildman–Crippen MR) is 99.7 cm³/mol. The molecule has 1 saturated heterocycles. The number of carbonyl (C=O) groups is 1. The summed E-state index contributed by atoms with van der Waals surface area (Å²) < 4.78 is 64.7. The fourth-order valence-corrected chi connectivity index (χ4v) is 5.09. The molecule has 1 aliphatic heterocycles. The van der Waals surface area contributed by atoms with E-state index in [1.165, 1.54) is 29.0 Å². The van der Waals surface area contributed by atoms with E-state index in [1.807, 2.05) is 0 Å². The first-order chi connectivity index (χ1) is 13.0. The summed E-state index contributed by atoms with van der Waals surface area (Å²) in [6.07, 6.45) is -2.33. The molecule has 9 heteroatoms. The van der Waals surface area contributed by atoms with Crippen molar-refractivity contribution in [2.24, 2.45) is 7.05 Å². The largest absolute Gasteiger partial charge is 0.417 e. The van der Waals surface area contributed by atoms with Crippen molar-refractivity contribution in [1.29, 1.82) is 0 Å². The average Bonchev–Trinajstić information content (AvgIpc) is 2.90. The second-order valence-electron chi connectivity index (χ2n) is 7.07. The Kier molecular flexibility index (Phi) is 5.31. The third-order valence-electron chi connectivity index (χ3n) is 5.06. The molecule has 5 nitrogen and oxygen atoms in total. The molecule has 0 unspecified atom stereocenters. The number of hydrogen-bond acceptors (Lipinski definition) is 3. The number of amides is 1. The van der Waals surface area contributed by atoms with E-state index in [0.29, 0.717) is 24.1 Å². The number of hydrogen-bond donors (Lipinski definition) is 1. The van der Waals surface area contributed by atoms with Crippen LogP contribution in [0.1, 0.15) is 34.3 Å². The van der Waals surface area contributed by atoms with Crippen molar-refractivity contribution in [3.8, 4) is 11.3 Å². The van der Waals surface area contributed by atoms with Crippen LogP contribution in [0.3, 0.4) is 0 Å². The Morgan fingerprint density at radius 3 is 2.39 bits per heavy atom. The topological polar surface area (TPSA) is 68.2 Å². The normalized spacial score (nSPS) is 17.5. The second-order valence-corrected chi connectivity index (χ2v) is 9.37. The van der Waals surface area contributed by atoms with E-state index in [1.54, 1.807) is 14.0 Å². The molecule has 1 aromatic heterocycles. The zero-order valence-corrected chi connectivity index (χ0v) is 16.3. The zero-order chi connectivity index (χ0) is 20.7. The van der Waals surface area contributed by atoms with E-state index in [-0.39, 0.29) is 28.7 Å². The van der Waals surface area contributed by atoms with Crippen LogP contribution in [0.25, 0.3) is 11.3 Å². The molecule has 0 bridgehead atoms. The molecule has 0 aliphatic carbocycles. The summed E-state index contributed by atoms with van der Waals surface area (Å²) in [4.78, 5) is 12.7. The Bertz CT molecular complexity index is 996. The van der Waals surface area contributed by atoms with Gasteiger partial charge >= 0.3 is 6.18 Å². The zero-order valence-electron chi connectivity index (χ0n) is 15.5. The molecular formula is C19H21F3N2O3S. The molecule has 0 spiro atoms. The van der Waals surface area contributed by atoms with Crippen LogP contribution in [0, 0.1) is 6.92 Å². The lowest BCUT2D eigenvalue weighted by atomic mass is 10.00. The maximum absolute atomic E-state index is 13.4. The lowest BCUT2D eigenvalue weighted by Gasteiger charge is -2.23. The van der Waals surface area contributed by atoms with Crippen molar-refractivity contribution in [1.82, 2.24) is 9.88 Å². The van der Waals surface area contributed by atoms with E-state index < -0.39 is 27.5 Å². The van der Waals surface area contributed by atoms with Crippen LogP contribution in [0.15, 0.2) is 30.5 Å². The number of aromatic nitrogens is 1. The Morgan fingerprint density at radius 1 is 1.18 bits per heavy atom. The van der Waals surface area contributed by atoms with Gasteiger partial charge in [0.2, 0.25) is 0 Å². The third kappa shape index (κ3) is 4.09. The van der Waals surface area contributed by atoms with E-state index in [2.05, 4.69) is 5.32 Å². The van der Waals surface area contributed by atoms with Gasteiger partial charge in [-0.05, 0) is 31.4 Å². The number of nitrogens with one attached hydrogen (secondary N) is 1. The average molecular weight is 414 g/mol. The van der Waals surface area contributed by atoms with Gasteiger partial charge in [-0.25, -0.2) is 8.42 Å².